The third kappa shape index (κ3) is 4.67. The summed E-state index contributed by atoms with van der Waals surface area (Å²) in [6.45, 7) is 6.42. The lowest BCUT2D eigenvalue weighted by Crippen LogP contribution is -2.52. The first-order valence-electron chi connectivity index (χ1n) is 9.45. The Morgan fingerprint density at radius 2 is 1.59 bits per heavy atom. The molecule has 1 fully saturated rings. The van der Waals surface area contributed by atoms with E-state index < -0.39 is 6.10 Å². The molecule has 3 rings (SSSR count). The molecule has 1 saturated heterocycles. The zero-order valence-corrected chi connectivity index (χ0v) is 15.9. The summed E-state index contributed by atoms with van der Waals surface area (Å²) in [5.41, 5.74) is 1.80. The van der Waals surface area contributed by atoms with Gasteiger partial charge in [0.25, 0.3) is 5.91 Å². The lowest BCUT2D eigenvalue weighted by Gasteiger charge is -2.37. The van der Waals surface area contributed by atoms with Crippen molar-refractivity contribution < 1.29 is 14.3 Å². The first kappa shape index (κ1) is 19.0. The second kappa shape index (κ2) is 8.71. The summed E-state index contributed by atoms with van der Waals surface area (Å²) in [7, 11) is 0. The maximum Gasteiger partial charge on any atom is 0.263 e. The standard InChI is InChI=1S/C22H26N2O3/c1-3-21(27-20-7-5-4-6-8-20)22(26)24-15-13-23(14-16-24)19-11-9-18(10-12-19)17(2)25/h4-12,21H,3,13-16H2,1-2H3/t21-/m0/s1. The smallest absolute Gasteiger partial charge is 0.263 e. The number of Topliss-reactive ketones (excluding diaryl/α,β-unsaturated/α-hetero) is 1. The van der Waals surface area contributed by atoms with Crippen molar-refractivity contribution in [2.45, 2.75) is 26.4 Å². The molecule has 27 heavy (non-hydrogen) atoms. The van der Waals surface area contributed by atoms with Crippen molar-refractivity contribution in [3.63, 3.8) is 0 Å². The molecule has 0 aromatic heterocycles. The van der Waals surface area contributed by atoms with Crippen LogP contribution in [0.25, 0.3) is 0 Å². The lowest BCUT2D eigenvalue weighted by molar-refractivity contribution is -0.139. The molecule has 0 radical (unpaired) electrons. The van der Waals surface area contributed by atoms with Gasteiger partial charge in [-0.3, -0.25) is 9.59 Å². The predicted molar refractivity (Wildman–Crippen MR) is 106 cm³/mol. The molecule has 2 aromatic carbocycles. The Bertz CT molecular complexity index is 766. The summed E-state index contributed by atoms with van der Waals surface area (Å²) in [6.07, 6.45) is 0.189. The molecule has 0 N–H and O–H groups in total. The highest BCUT2D eigenvalue weighted by atomic mass is 16.5. The zero-order valence-electron chi connectivity index (χ0n) is 15.9. The topological polar surface area (TPSA) is 49.9 Å². The van der Waals surface area contributed by atoms with Crippen molar-refractivity contribution in [2.75, 3.05) is 31.1 Å². The van der Waals surface area contributed by atoms with Crippen molar-refractivity contribution in [1.29, 1.82) is 0 Å². The molecule has 1 heterocycles. The van der Waals surface area contributed by atoms with E-state index >= 15 is 0 Å². The van der Waals surface area contributed by atoms with E-state index in [1.807, 2.05) is 66.4 Å². The van der Waals surface area contributed by atoms with Gasteiger partial charge in [0, 0.05) is 37.4 Å². The molecule has 0 spiro atoms. The molecular weight excluding hydrogens is 340 g/mol. The van der Waals surface area contributed by atoms with Gasteiger partial charge in [0.05, 0.1) is 0 Å². The summed E-state index contributed by atoms with van der Waals surface area (Å²) < 4.78 is 5.89. The van der Waals surface area contributed by atoms with Gasteiger partial charge in [0.2, 0.25) is 0 Å². The van der Waals surface area contributed by atoms with E-state index in [1.165, 1.54) is 0 Å². The Morgan fingerprint density at radius 1 is 0.963 bits per heavy atom. The van der Waals surface area contributed by atoms with Gasteiger partial charge in [-0.25, -0.2) is 0 Å². The highest BCUT2D eigenvalue weighted by Gasteiger charge is 2.28. The molecule has 1 atom stereocenters. The maximum absolute atomic E-state index is 12.8. The summed E-state index contributed by atoms with van der Waals surface area (Å²) in [5, 5.41) is 0. The van der Waals surface area contributed by atoms with Gasteiger partial charge in [-0.15, -0.1) is 0 Å². The number of hydrogen-bond donors (Lipinski definition) is 0. The summed E-state index contributed by atoms with van der Waals surface area (Å²) in [6, 6.07) is 17.1. The second-order valence-electron chi connectivity index (χ2n) is 6.74. The van der Waals surface area contributed by atoms with Crippen molar-refractivity contribution in [3.8, 4) is 5.75 Å². The Morgan fingerprint density at radius 3 is 2.15 bits per heavy atom. The normalized spacial score (nSPS) is 15.3. The molecule has 0 saturated carbocycles. The number of hydrogen-bond acceptors (Lipinski definition) is 4. The number of ketones is 1. The van der Waals surface area contributed by atoms with Crippen molar-refractivity contribution >= 4 is 17.4 Å². The molecule has 142 valence electrons. The van der Waals surface area contributed by atoms with E-state index in [4.69, 9.17) is 4.74 Å². The Kier molecular flexibility index (Phi) is 6.12. The van der Waals surface area contributed by atoms with Crippen molar-refractivity contribution in [1.82, 2.24) is 4.90 Å². The SMILES string of the molecule is CC[C@H](Oc1ccccc1)C(=O)N1CCN(c2ccc(C(C)=O)cc2)CC1. The minimum atomic E-state index is -0.450. The number of ether oxygens (including phenoxy) is 1. The summed E-state index contributed by atoms with van der Waals surface area (Å²) in [5.74, 6) is 0.843. The molecule has 2 aromatic rings. The lowest BCUT2D eigenvalue weighted by atomic mass is 10.1. The quantitative estimate of drug-likeness (QED) is 0.736. The molecule has 5 nitrogen and oxygen atoms in total. The van der Waals surface area contributed by atoms with Crippen molar-refractivity contribution in [2.24, 2.45) is 0 Å². The van der Waals surface area contributed by atoms with E-state index in [0.717, 1.165) is 30.1 Å². The summed E-state index contributed by atoms with van der Waals surface area (Å²) >= 11 is 0. The van der Waals surface area contributed by atoms with Gasteiger partial charge in [0.15, 0.2) is 11.9 Å². The largest absolute Gasteiger partial charge is 0.481 e. The Hall–Kier alpha value is -2.82. The first-order chi connectivity index (χ1) is 13.1. The maximum atomic E-state index is 12.8. The number of carbonyl (C=O) groups excluding carboxylic acids is 2. The van der Waals surface area contributed by atoms with Gasteiger partial charge in [-0.05, 0) is 49.7 Å². The van der Waals surface area contributed by atoms with Crippen LogP contribution in [0.2, 0.25) is 0 Å². The van der Waals surface area contributed by atoms with Crippen LogP contribution < -0.4 is 9.64 Å². The highest BCUT2D eigenvalue weighted by molar-refractivity contribution is 5.94. The van der Waals surface area contributed by atoms with Crippen LogP contribution in [0, 0.1) is 0 Å². The van der Waals surface area contributed by atoms with Gasteiger partial charge < -0.3 is 14.5 Å². The highest BCUT2D eigenvalue weighted by Crippen LogP contribution is 2.19. The van der Waals surface area contributed by atoms with Crippen LogP contribution in [0.15, 0.2) is 54.6 Å². The number of para-hydroxylation sites is 1. The fourth-order valence-electron chi connectivity index (χ4n) is 3.27. The van der Waals surface area contributed by atoms with E-state index in [-0.39, 0.29) is 11.7 Å². The van der Waals surface area contributed by atoms with Crippen LogP contribution in [-0.2, 0) is 4.79 Å². The fraction of sp³-hybridized carbons (Fsp3) is 0.364. The minimum absolute atomic E-state index is 0.0490. The average Bonchev–Trinajstić information content (AvgIpc) is 2.72. The monoisotopic (exact) mass is 366 g/mol. The average molecular weight is 366 g/mol. The van der Waals surface area contributed by atoms with Gasteiger partial charge in [-0.1, -0.05) is 25.1 Å². The number of benzene rings is 2. The molecule has 1 amide bonds. The number of anilines is 1. The number of carbonyl (C=O) groups is 2. The first-order valence-corrected chi connectivity index (χ1v) is 9.45. The zero-order chi connectivity index (χ0) is 19.2. The van der Waals surface area contributed by atoms with Crippen LogP contribution >= 0.6 is 0 Å². The molecule has 1 aliphatic heterocycles. The molecule has 0 unspecified atom stereocenters. The number of nitrogens with zero attached hydrogens (tertiary/aromatic N) is 2. The predicted octanol–water partition coefficient (Wildman–Crippen LogP) is 3.40. The molecule has 0 bridgehead atoms. The second-order valence-corrected chi connectivity index (χ2v) is 6.74. The molecule has 1 aliphatic rings. The van der Waals surface area contributed by atoms with Crippen LogP contribution in [0.5, 0.6) is 5.75 Å². The third-order valence-electron chi connectivity index (χ3n) is 4.90. The van der Waals surface area contributed by atoms with E-state index in [0.29, 0.717) is 19.5 Å². The van der Waals surface area contributed by atoms with Crippen LogP contribution in [0.4, 0.5) is 5.69 Å². The van der Waals surface area contributed by atoms with Crippen LogP contribution in [0.3, 0.4) is 0 Å². The number of piperazine rings is 1. The summed E-state index contributed by atoms with van der Waals surface area (Å²) in [4.78, 5) is 28.4. The van der Waals surface area contributed by atoms with Gasteiger partial charge in [0.1, 0.15) is 5.75 Å². The number of amides is 1. The van der Waals surface area contributed by atoms with E-state index in [2.05, 4.69) is 4.90 Å². The fourth-order valence-corrected chi connectivity index (χ4v) is 3.27. The Labute approximate surface area is 160 Å². The third-order valence-corrected chi connectivity index (χ3v) is 4.90. The van der Waals surface area contributed by atoms with Gasteiger partial charge >= 0.3 is 0 Å². The van der Waals surface area contributed by atoms with Crippen LogP contribution in [-0.4, -0.2) is 48.9 Å². The van der Waals surface area contributed by atoms with Crippen LogP contribution in [0.1, 0.15) is 30.6 Å². The van der Waals surface area contributed by atoms with Crippen molar-refractivity contribution in [3.05, 3.63) is 60.2 Å². The minimum Gasteiger partial charge on any atom is -0.481 e. The van der Waals surface area contributed by atoms with Gasteiger partial charge in [-0.2, -0.15) is 0 Å². The molecule has 5 heteroatoms. The van der Waals surface area contributed by atoms with E-state index in [1.54, 1.807) is 6.92 Å². The van der Waals surface area contributed by atoms with E-state index in [9.17, 15) is 9.59 Å². The molecule has 0 aliphatic carbocycles. The molecular formula is C22H26N2O3. The Balaban J connectivity index is 1.57. The number of rotatable bonds is 6.